The van der Waals surface area contributed by atoms with Crippen LogP contribution >= 0.6 is 0 Å². The molecule has 0 aromatic heterocycles. The second-order valence-electron chi connectivity index (χ2n) is 7.36. The number of amides is 2. The van der Waals surface area contributed by atoms with Gasteiger partial charge in [-0.1, -0.05) is 48.5 Å². The lowest BCUT2D eigenvalue weighted by molar-refractivity contribution is -0.139. The van der Waals surface area contributed by atoms with Gasteiger partial charge in [0.05, 0.1) is 30.5 Å². The molecule has 6 nitrogen and oxygen atoms in total. The quantitative estimate of drug-likeness (QED) is 0.767. The molecule has 0 saturated carbocycles. The predicted molar refractivity (Wildman–Crippen MR) is 111 cm³/mol. The van der Waals surface area contributed by atoms with Gasteiger partial charge in [0, 0.05) is 11.7 Å². The number of carbonyl (C=O) groups excluding carboxylic acids is 2. The van der Waals surface area contributed by atoms with E-state index < -0.39 is 12.0 Å². The molecule has 2 atom stereocenters. The summed E-state index contributed by atoms with van der Waals surface area (Å²) in [5.74, 6) is -0.413. The Morgan fingerprint density at radius 2 is 1.86 bits per heavy atom. The van der Waals surface area contributed by atoms with Gasteiger partial charge in [0.15, 0.2) is 0 Å². The third-order valence-electron chi connectivity index (χ3n) is 5.46. The average molecular weight is 391 g/mol. The number of para-hydroxylation sites is 1. The third-order valence-corrected chi connectivity index (χ3v) is 5.46. The topological polar surface area (TPSA) is 70.7 Å². The minimum atomic E-state index is -0.549. The van der Waals surface area contributed by atoms with Crippen molar-refractivity contribution in [1.82, 2.24) is 10.6 Å². The molecule has 29 heavy (non-hydrogen) atoms. The van der Waals surface area contributed by atoms with E-state index in [9.17, 15) is 9.59 Å². The number of urea groups is 1. The first kappa shape index (κ1) is 19.1. The molecular formula is C23H25N3O3. The van der Waals surface area contributed by atoms with Crippen molar-refractivity contribution in [2.24, 2.45) is 0 Å². The Labute approximate surface area is 170 Å². The number of carbonyl (C=O) groups is 2. The van der Waals surface area contributed by atoms with Crippen molar-refractivity contribution in [3.63, 3.8) is 0 Å². The number of benzene rings is 2. The summed E-state index contributed by atoms with van der Waals surface area (Å²) in [6.45, 7) is 4.64. The van der Waals surface area contributed by atoms with E-state index in [1.165, 1.54) is 5.56 Å². The Bertz CT molecular complexity index is 955. The van der Waals surface area contributed by atoms with Crippen LogP contribution in [0.2, 0.25) is 0 Å². The molecule has 2 N–H and O–H groups in total. The molecule has 0 spiro atoms. The lowest BCUT2D eigenvalue weighted by atomic mass is 9.95. The van der Waals surface area contributed by atoms with Crippen molar-refractivity contribution in [1.29, 1.82) is 0 Å². The van der Waals surface area contributed by atoms with Crippen LogP contribution in [0.1, 0.15) is 31.0 Å². The smallest absolute Gasteiger partial charge is 0.338 e. The van der Waals surface area contributed by atoms with Crippen LogP contribution in [0.5, 0.6) is 0 Å². The molecule has 2 heterocycles. The highest BCUT2D eigenvalue weighted by molar-refractivity contribution is 5.95. The van der Waals surface area contributed by atoms with Crippen molar-refractivity contribution < 1.29 is 14.3 Å². The molecule has 4 rings (SSSR count). The van der Waals surface area contributed by atoms with Crippen LogP contribution in [0.4, 0.5) is 10.5 Å². The second kappa shape index (κ2) is 7.99. The minimum Gasteiger partial charge on any atom is -0.463 e. The number of esters is 1. The zero-order valence-corrected chi connectivity index (χ0v) is 16.6. The fourth-order valence-electron chi connectivity index (χ4n) is 4.13. The molecular weight excluding hydrogens is 366 g/mol. The molecule has 2 aliphatic rings. The highest BCUT2D eigenvalue weighted by atomic mass is 16.5. The third kappa shape index (κ3) is 3.70. The van der Waals surface area contributed by atoms with Crippen molar-refractivity contribution in [3.05, 3.63) is 77.0 Å². The van der Waals surface area contributed by atoms with Gasteiger partial charge in [0.1, 0.15) is 0 Å². The van der Waals surface area contributed by atoms with Gasteiger partial charge < -0.3 is 20.3 Å². The molecule has 0 radical (unpaired) electrons. The van der Waals surface area contributed by atoms with Gasteiger partial charge in [0.2, 0.25) is 0 Å². The number of nitrogens with zero attached hydrogens (tertiary/aromatic N) is 1. The first-order valence-corrected chi connectivity index (χ1v) is 9.95. The summed E-state index contributed by atoms with van der Waals surface area (Å²) in [5.41, 5.74) is 4.30. The molecule has 0 saturated heterocycles. The van der Waals surface area contributed by atoms with Crippen LogP contribution in [-0.4, -0.2) is 31.2 Å². The van der Waals surface area contributed by atoms with Crippen LogP contribution in [0, 0.1) is 0 Å². The summed E-state index contributed by atoms with van der Waals surface area (Å²) >= 11 is 0. The average Bonchev–Trinajstić information content (AvgIpc) is 3.03. The summed E-state index contributed by atoms with van der Waals surface area (Å²) in [4.78, 5) is 27.6. The van der Waals surface area contributed by atoms with E-state index in [1.54, 1.807) is 6.92 Å². The van der Waals surface area contributed by atoms with Crippen LogP contribution in [-0.2, 0) is 16.0 Å². The van der Waals surface area contributed by atoms with Crippen LogP contribution in [0.3, 0.4) is 0 Å². The summed E-state index contributed by atoms with van der Waals surface area (Å²) in [7, 11) is 0. The maximum Gasteiger partial charge on any atom is 0.338 e. The highest BCUT2D eigenvalue weighted by Crippen LogP contribution is 2.34. The number of anilines is 1. The Morgan fingerprint density at radius 3 is 2.62 bits per heavy atom. The first-order valence-electron chi connectivity index (χ1n) is 9.95. The monoisotopic (exact) mass is 391 g/mol. The van der Waals surface area contributed by atoms with Crippen LogP contribution in [0.15, 0.2) is 65.9 Å². The van der Waals surface area contributed by atoms with E-state index in [1.807, 2.05) is 42.5 Å². The lowest BCUT2D eigenvalue weighted by Crippen LogP contribution is -2.49. The molecule has 2 aliphatic heterocycles. The minimum absolute atomic E-state index is 0.269. The van der Waals surface area contributed by atoms with Crippen molar-refractivity contribution >= 4 is 17.7 Å². The van der Waals surface area contributed by atoms with E-state index in [-0.39, 0.29) is 18.7 Å². The van der Waals surface area contributed by atoms with E-state index in [0.717, 1.165) is 17.7 Å². The number of fused-ring (bicyclic) bond motifs is 1. The molecule has 0 fully saturated rings. The van der Waals surface area contributed by atoms with Crippen molar-refractivity contribution in [2.75, 3.05) is 18.1 Å². The first-order chi connectivity index (χ1) is 14.1. The SMILES string of the molecule is CCOC(=O)C1=C(CN2c3ccccc3C[C@@H]2C)NC(=O)N[C@H]1c1ccccc1. The molecule has 6 heteroatoms. The number of hydrogen-bond acceptors (Lipinski definition) is 4. The van der Waals surface area contributed by atoms with E-state index in [0.29, 0.717) is 17.8 Å². The number of nitrogens with one attached hydrogen (secondary N) is 2. The number of rotatable bonds is 5. The Kier molecular flexibility index (Phi) is 5.25. The summed E-state index contributed by atoms with van der Waals surface area (Å²) in [5, 5.41) is 5.75. The normalized spacial score (nSPS) is 20.8. The Morgan fingerprint density at radius 1 is 1.14 bits per heavy atom. The molecule has 2 aromatic carbocycles. The largest absolute Gasteiger partial charge is 0.463 e. The molecule has 0 aliphatic carbocycles. The van der Waals surface area contributed by atoms with Gasteiger partial charge in [-0.2, -0.15) is 0 Å². The lowest BCUT2D eigenvalue weighted by Gasteiger charge is -2.33. The van der Waals surface area contributed by atoms with E-state index >= 15 is 0 Å². The Hall–Kier alpha value is -3.28. The molecule has 150 valence electrons. The van der Waals surface area contributed by atoms with Gasteiger partial charge in [-0.05, 0) is 37.5 Å². The fraction of sp³-hybridized carbons (Fsp3) is 0.304. The predicted octanol–water partition coefficient (Wildman–Crippen LogP) is 3.31. The van der Waals surface area contributed by atoms with Gasteiger partial charge in [0.25, 0.3) is 0 Å². The standard InChI is InChI=1S/C23H25N3O3/c1-3-29-22(27)20-18(14-26-15(2)13-17-11-7-8-12-19(17)26)24-23(28)25-21(20)16-9-5-4-6-10-16/h4-12,15,21H,3,13-14H2,1-2H3,(H2,24,25,28)/t15-,21-/m0/s1. The molecule has 0 bridgehead atoms. The maximum absolute atomic E-state index is 12.9. The summed E-state index contributed by atoms with van der Waals surface area (Å²) in [6.07, 6.45) is 0.937. The zero-order chi connectivity index (χ0) is 20.4. The van der Waals surface area contributed by atoms with Crippen LogP contribution in [0.25, 0.3) is 0 Å². The molecule has 2 amide bonds. The molecule has 2 aromatic rings. The number of hydrogen-bond donors (Lipinski definition) is 2. The second-order valence-corrected chi connectivity index (χ2v) is 7.36. The highest BCUT2D eigenvalue weighted by Gasteiger charge is 2.36. The fourth-order valence-corrected chi connectivity index (χ4v) is 4.13. The summed E-state index contributed by atoms with van der Waals surface area (Å²) < 4.78 is 5.35. The number of ether oxygens (including phenoxy) is 1. The van der Waals surface area contributed by atoms with Gasteiger partial charge >= 0.3 is 12.0 Å². The zero-order valence-electron chi connectivity index (χ0n) is 16.6. The summed E-state index contributed by atoms with van der Waals surface area (Å²) in [6, 6.07) is 17.2. The van der Waals surface area contributed by atoms with Gasteiger partial charge in [-0.15, -0.1) is 0 Å². The van der Waals surface area contributed by atoms with Crippen molar-refractivity contribution in [3.8, 4) is 0 Å². The van der Waals surface area contributed by atoms with Gasteiger partial charge in [-0.25, -0.2) is 9.59 Å². The van der Waals surface area contributed by atoms with E-state index in [4.69, 9.17) is 4.74 Å². The van der Waals surface area contributed by atoms with Crippen molar-refractivity contribution in [2.45, 2.75) is 32.4 Å². The van der Waals surface area contributed by atoms with Gasteiger partial charge in [-0.3, -0.25) is 0 Å². The maximum atomic E-state index is 12.9. The Balaban J connectivity index is 1.76. The van der Waals surface area contributed by atoms with E-state index in [2.05, 4.69) is 34.6 Å². The van der Waals surface area contributed by atoms with Crippen LogP contribution < -0.4 is 15.5 Å². The molecule has 0 unspecified atom stereocenters.